The summed E-state index contributed by atoms with van der Waals surface area (Å²) in [6, 6.07) is 0. The number of aromatic nitrogens is 1. The Hall–Kier alpha value is -2.57. The number of ether oxygens (including phenoxy) is 3. The van der Waals surface area contributed by atoms with Crippen molar-refractivity contribution in [3.8, 4) is 0 Å². The minimum Gasteiger partial charge on any atom is -0.461 e. The molecule has 0 fully saturated rings. The molecule has 7 heteroatoms. The van der Waals surface area contributed by atoms with Gasteiger partial charge in [-0.25, -0.2) is 4.79 Å². The number of carbonyl (C=O) groups excluding carboxylic acids is 3. The maximum atomic E-state index is 12.4. The predicted octanol–water partition coefficient (Wildman–Crippen LogP) is 2.69. The molecule has 1 aromatic rings. The third-order valence-corrected chi connectivity index (χ3v) is 3.06. The van der Waals surface area contributed by atoms with E-state index < -0.39 is 23.5 Å². The van der Waals surface area contributed by atoms with Gasteiger partial charge in [0.25, 0.3) is 0 Å². The average molecular weight is 351 g/mol. The van der Waals surface area contributed by atoms with Gasteiger partial charge < -0.3 is 19.2 Å². The molecule has 0 unspecified atom stereocenters. The van der Waals surface area contributed by atoms with Gasteiger partial charge in [-0.3, -0.25) is 9.59 Å². The van der Waals surface area contributed by atoms with E-state index in [-0.39, 0.29) is 31.7 Å². The molecular weight excluding hydrogens is 326 g/mol. The first-order chi connectivity index (χ1) is 11.6. The van der Waals surface area contributed by atoms with Crippen molar-refractivity contribution in [3.05, 3.63) is 35.7 Å². The smallest absolute Gasteiger partial charge is 0.355 e. The van der Waals surface area contributed by atoms with Crippen LogP contribution in [0.1, 0.15) is 55.7 Å². The van der Waals surface area contributed by atoms with Crippen LogP contribution in [0.25, 0.3) is 0 Å². The molecule has 0 amide bonds. The quantitative estimate of drug-likeness (QED) is 0.439. The van der Waals surface area contributed by atoms with Crippen molar-refractivity contribution in [2.75, 3.05) is 6.61 Å². The van der Waals surface area contributed by atoms with Crippen molar-refractivity contribution in [3.63, 3.8) is 0 Å². The molecule has 0 saturated carbocycles. The van der Waals surface area contributed by atoms with Crippen LogP contribution in [0.15, 0.2) is 18.9 Å². The average Bonchev–Trinajstić information content (AvgIpc) is 2.90. The summed E-state index contributed by atoms with van der Waals surface area (Å²) in [4.78, 5) is 37.9. The van der Waals surface area contributed by atoms with Crippen molar-refractivity contribution in [2.45, 2.75) is 52.7 Å². The van der Waals surface area contributed by atoms with Crippen LogP contribution in [0.4, 0.5) is 0 Å². The lowest BCUT2D eigenvalue weighted by atomic mass is 10.1. The van der Waals surface area contributed by atoms with Gasteiger partial charge in [0.1, 0.15) is 24.5 Å². The van der Waals surface area contributed by atoms with Gasteiger partial charge in [0, 0.05) is 25.1 Å². The van der Waals surface area contributed by atoms with E-state index in [1.165, 1.54) is 13.0 Å². The standard InChI is InChI=1S/C18H25NO6/c1-6-9-23-15(21)8-7-14-13(11-24-12(2)20)10-19-16(14)17(22)25-18(3,4)5/h6,10,19H,1,7-9,11H2,2-5H3. The summed E-state index contributed by atoms with van der Waals surface area (Å²) >= 11 is 0. The first-order valence-corrected chi connectivity index (χ1v) is 7.96. The Kier molecular flexibility index (Phi) is 7.42. The normalized spacial score (nSPS) is 10.9. The molecule has 0 atom stereocenters. The van der Waals surface area contributed by atoms with Crippen molar-refractivity contribution in [1.82, 2.24) is 4.98 Å². The van der Waals surface area contributed by atoms with Gasteiger partial charge in [-0.1, -0.05) is 12.7 Å². The van der Waals surface area contributed by atoms with Crippen LogP contribution in [0, 0.1) is 0 Å². The van der Waals surface area contributed by atoms with Crippen molar-refractivity contribution in [1.29, 1.82) is 0 Å². The van der Waals surface area contributed by atoms with Gasteiger partial charge in [-0.15, -0.1) is 0 Å². The molecule has 0 saturated heterocycles. The van der Waals surface area contributed by atoms with Gasteiger partial charge in [0.15, 0.2) is 0 Å². The molecule has 0 aliphatic heterocycles. The first kappa shape index (κ1) is 20.5. The molecule has 138 valence electrons. The Labute approximate surface area is 147 Å². The van der Waals surface area contributed by atoms with Gasteiger partial charge in [0.2, 0.25) is 0 Å². The maximum Gasteiger partial charge on any atom is 0.355 e. The highest BCUT2D eigenvalue weighted by atomic mass is 16.6. The minimum atomic E-state index is -0.654. The topological polar surface area (TPSA) is 94.7 Å². The van der Waals surface area contributed by atoms with Crippen LogP contribution in [-0.4, -0.2) is 35.1 Å². The summed E-state index contributed by atoms with van der Waals surface area (Å²) in [5.41, 5.74) is 0.783. The summed E-state index contributed by atoms with van der Waals surface area (Å²) in [6.07, 6.45) is 3.39. The number of H-pyrrole nitrogens is 1. The fourth-order valence-corrected chi connectivity index (χ4v) is 2.05. The molecule has 1 heterocycles. The molecule has 7 nitrogen and oxygen atoms in total. The summed E-state index contributed by atoms with van der Waals surface area (Å²) in [5, 5.41) is 0. The van der Waals surface area contributed by atoms with Gasteiger partial charge in [0.05, 0.1) is 0 Å². The second kappa shape index (κ2) is 9.05. The third-order valence-electron chi connectivity index (χ3n) is 3.06. The molecule has 0 aliphatic rings. The number of hydrogen-bond acceptors (Lipinski definition) is 6. The molecule has 1 rings (SSSR count). The predicted molar refractivity (Wildman–Crippen MR) is 90.9 cm³/mol. The largest absolute Gasteiger partial charge is 0.461 e. The van der Waals surface area contributed by atoms with E-state index in [2.05, 4.69) is 11.6 Å². The Morgan fingerprint density at radius 2 is 1.92 bits per heavy atom. The second-order valence-electron chi connectivity index (χ2n) is 6.42. The van der Waals surface area contributed by atoms with Gasteiger partial charge in [-0.05, 0) is 32.8 Å². The minimum absolute atomic E-state index is 0.00562. The van der Waals surface area contributed by atoms with Crippen LogP contribution in [-0.2, 0) is 36.8 Å². The molecule has 0 bridgehead atoms. The van der Waals surface area contributed by atoms with Crippen molar-refractivity contribution in [2.24, 2.45) is 0 Å². The highest BCUT2D eigenvalue weighted by Crippen LogP contribution is 2.21. The van der Waals surface area contributed by atoms with Gasteiger partial charge in [-0.2, -0.15) is 0 Å². The third kappa shape index (κ3) is 7.24. The number of nitrogens with one attached hydrogen (secondary N) is 1. The Balaban J connectivity index is 2.95. The molecule has 0 aliphatic carbocycles. The number of esters is 3. The zero-order valence-electron chi connectivity index (χ0n) is 15.1. The summed E-state index contributed by atoms with van der Waals surface area (Å²) in [6.45, 7) is 10.2. The first-order valence-electron chi connectivity index (χ1n) is 7.96. The number of aromatic amines is 1. The summed E-state index contributed by atoms with van der Waals surface area (Å²) in [5.74, 6) is -1.37. The maximum absolute atomic E-state index is 12.4. The van der Waals surface area contributed by atoms with Crippen LogP contribution in [0.3, 0.4) is 0 Å². The molecule has 1 aromatic heterocycles. The molecule has 1 N–H and O–H groups in total. The van der Waals surface area contributed by atoms with E-state index in [1.54, 1.807) is 27.0 Å². The highest BCUT2D eigenvalue weighted by Gasteiger charge is 2.24. The van der Waals surface area contributed by atoms with Gasteiger partial charge >= 0.3 is 17.9 Å². The number of carbonyl (C=O) groups is 3. The van der Waals surface area contributed by atoms with E-state index in [9.17, 15) is 14.4 Å². The monoisotopic (exact) mass is 351 g/mol. The fourth-order valence-electron chi connectivity index (χ4n) is 2.05. The zero-order valence-corrected chi connectivity index (χ0v) is 15.1. The number of hydrogen-bond donors (Lipinski definition) is 1. The second-order valence-corrected chi connectivity index (χ2v) is 6.42. The Morgan fingerprint density at radius 1 is 1.24 bits per heavy atom. The molecule has 0 radical (unpaired) electrons. The summed E-state index contributed by atoms with van der Waals surface area (Å²) in [7, 11) is 0. The number of rotatable bonds is 8. The fraction of sp³-hybridized carbons (Fsp3) is 0.500. The molecule has 25 heavy (non-hydrogen) atoms. The van der Waals surface area contributed by atoms with Crippen molar-refractivity contribution >= 4 is 17.9 Å². The van der Waals surface area contributed by atoms with E-state index in [4.69, 9.17) is 14.2 Å². The SMILES string of the molecule is C=CCOC(=O)CCc1c(COC(C)=O)c[nH]c1C(=O)OC(C)(C)C. The lowest BCUT2D eigenvalue weighted by Crippen LogP contribution is -2.25. The highest BCUT2D eigenvalue weighted by molar-refractivity contribution is 5.90. The molecule has 0 spiro atoms. The van der Waals surface area contributed by atoms with E-state index in [0.29, 0.717) is 11.1 Å². The lowest BCUT2D eigenvalue weighted by Gasteiger charge is -2.19. The molecule has 0 aromatic carbocycles. The Morgan fingerprint density at radius 3 is 2.48 bits per heavy atom. The molecular formula is C18H25NO6. The van der Waals surface area contributed by atoms with Crippen LogP contribution in [0.2, 0.25) is 0 Å². The van der Waals surface area contributed by atoms with E-state index in [0.717, 1.165) is 0 Å². The van der Waals surface area contributed by atoms with E-state index in [1.807, 2.05) is 0 Å². The lowest BCUT2D eigenvalue weighted by molar-refractivity contribution is -0.143. The van der Waals surface area contributed by atoms with Crippen LogP contribution < -0.4 is 0 Å². The summed E-state index contributed by atoms with van der Waals surface area (Å²) < 4.78 is 15.3. The van der Waals surface area contributed by atoms with Crippen LogP contribution >= 0.6 is 0 Å². The van der Waals surface area contributed by atoms with Crippen LogP contribution in [0.5, 0.6) is 0 Å². The zero-order chi connectivity index (χ0) is 19.0. The van der Waals surface area contributed by atoms with Crippen molar-refractivity contribution < 1.29 is 28.6 Å². The van der Waals surface area contributed by atoms with E-state index >= 15 is 0 Å². The Bertz CT molecular complexity index is 638.